The van der Waals surface area contributed by atoms with Crippen LogP contribution in [0, 0.1) is 0 Å². The minimum absolute atomic E-state index is 0.634. The molecule has 0 fully saturated rings. The van der Waals surface area contributed by atoms with Crippen LogP contribution in [0.4, 0.5) is 0 Å². The van der Waals surface area contributed by atoms with E-state index in [2.05, 4.69) is 158 Å². The number of fused-ring (bicyclic) bond motifs is 7. The van der Waals surface area contributed by atoms with Gasteiger partial charge in [0, 0.05) is 53.2 Å². The van der Waals surface area contributed by atoms with Gasteiger partial charge in [-0.15, -0.1) is 11.3 Å². The maximum absolute atomic E-state index is 5.29. The average Bonchev–Trinajstić information content (AvgIpc) is 3.68. The van der Waals surface area contributed by atoms with E-state index in [1.165, 1.54) is 36.3 Å². The molecule has 0 amide bonds. The highest BCUT2D eigenvalue weighted by atomic mass is 32.1. The van der Waals surface area contributed by atoms with Crippen LogP contribution >= 0.6 is 11.3 Å². The predicted octanol–water partition coefficient (Wildman–Crippen LogP) is 13.9. The monoisotopic (exact) mass is 744 g/mol. The Bertz CT molecular complexity index is 3270. The normalized spacial score (nSPS) is 11.5. The summed E-state index contributed by atoms with van der Waals surface area (Å²) in [6, 6.07) is 68.0. The molecule has 0 aliphatic heterocycles. The van der Waals surface area contributed by atoms with Crippen molar-refractivity contribution in [3.8, 4) is 67.7 Å². The maximum atomic E-state index is 5.29. The number of nitrogens with zero attached hydrogens (tertiary/aromatic N) is 4. The molecule has 8 aromatic carbocycles. The number of thiophene rings is 1. The van der Waals surface area contributed by atoms with Crippen LogP contribution in [0.3, 0.4) is 0 Å². The molecule has 0 bridgehead atoms. The van der Waals surface area contributed by atoms with Crippen molar-refractivity contribution in [1.29, 1.82) is 0 Å². The largest absolute Gasteiger partial charge is 0.247 e. The smallest absolute Gasteiger partial charge is 0.164 e. The molecular weight excluding hydrogens is 713 g/mol. The molecule has 5 heteroatoms. The molecule has 0 atom stereocenters. The molecule has 11 rings (SSSR count). The van der Waals surface area contributed by atoms with Crippen molar-refractivity contribution in [3.63, 3.8) is 0 Å². The fraction of sp³-hybridized carbons (Fsp3) is 0. The van der Waals surface area contributed by atoms with Crippen LogP contribution in [0.5, 0.6) is 0 Å². The fourth-order valence-corrected chi connectivity index (χ4v) is 9.02. The van der Waals surface area contributed by atoms with E-state index in [1.807, 2.05) is 47.7 Å². The standard InChI is InChI=1S/C52H32N4S/c1-4-13-33(14-5-1)38-19-12-20-40(31-38)52-55-50(36-17-8-3-9-18-36)54-51(56-52)37-25-23-34(24-26-37)39-27-29-45-43(32-39)47-46(57-45)30-28-42-41-21-10-11-22-44(41)53-49(48(42)47)35-15-6-2-7-16-35/h1-32H. The van der Waals surface area contributed by atoms with Crippen molar-refractivity contribution in [3.05, 3.63) is 194 Å². The highest BCUT2D eigenvalue weighted by molar-refractivity contribution is 7.26. The van der Waals surface area contributed by atoms with E-state index < -0.39 is 0 Å². The lowest BCUT2D eigenvalue weighted by Gasteiger charge is -2.12. The highest BCUT2D eigenvalue weighted by Crippen LogP contribution is 2.44. The topological polar surface area (TPSA) is 51.6 Å². The summed E-state index contributed by atoms with van der Waals surface area (Å²) < 4.78 is 2.51. The zero-order valence-electron chi connectivity index (χ0n) is 30.7. The first-order chi connectivity index (χ1) is 28.2. The zero-order chi connectivity index (χ0) is 37.7. The van der Waals surface area contributed by atoms with E-state index in [-0.39, 0.29) is 0 Å². The second-order valence-electron chi connectivity index (χ2n) is 14.2. The van der Waals surface area contributed by atoms with Gasteiger partial charge >= 0.3 is 0 Å². The molecular formula is C52H32N4S. The molecule has 0 saturated carbocycles. The fourth-order valence-electron chi connectivity index (χ4n) is 7.93. The van der Waals surface area contributed by atoms with Crippen molar-refractivity contribution < 1.29 is 0 Å². The predicted molar refractivity (Wildman–Crippen MR) is 238 cm³/mol. The summed E-state index contributed by atoms with van der Waals surface area (Å²) in [5.74, 6) is 1.92. The van der Waals surface area contributed by atoms with Gasteiger partial charge in [-0.2, -0.15) is 0 Å². The minimum atomic E-state index is 0.634. The Balaban J connectivity index is 1.03. The molecule has 0 spiro atoms. The van der Waals surface area contributed by atoms with Crippen molar-refractivity contribution in [2.24, 2.45) is 0 Å². The summed E-state index contributed by atoms with van der Waals surface area (Å²) >= 11 is 1.84. The molecule has 266 valence electrons. The lowest BCUT2D eigenvalue weighted by atomic mass is 9.95. The second kappa shape index (κ2) is 13.7. The Hall–Kier alpha value is -7.34. The van der Waals surface area contributed by atoms with Crippen LogP contribution in [-0.2, 0) is 0 Å². The minimum Gasteiger partial charge on any atom is -0.247 e. The third-order valence-corrected chi connectivity index (χ3v) is 11.9. The maximum Gasteiger partial charge on any atom is 0.164 e. The molecule has 3 aromatic heterocycles. The summed E-state index contributed by atoms with van der Waals surface area (Å²) in [4.78, 5) is 20.3. The van der Waals surface area contributed by atoms with Crippen LogP contribution in [0.15, 0.2) is 194 Å². The number of pyridine rings is 1. The van der Waals surface area contributed by atoms with E-state index in [1.54, 1.807) is 0 Å². The number of benzene rings is 8. The van der Waals surface area contributed by atoms with Gasteiger partial charge in [0.15, 0.2) is 17.5 Å². The Morgan fingerprint density at radius 3 is 1.53 bits per heavy atom. The lowest BCUT2D eigenvalue weighted by molar-refractivity contribution is 1.07. The van der Waals surface area contributed by atoms with Gasteiger partial charge in [-0.25, -0.2) is 19.9 Å². The lowest BCUT2D eigenvalue weighted by Crippen LogP contribution is -2.00. The average molecular weight is 745 g/mol. The van der Waals surface area contributed by atoms with Gasteiger partial charge in [0.1, 0.15) is 0 Å². The highest BCUT2D eigenvalue weighted by Gasteiger charge is 2.18. The van der Waals surface area contributed by atoms with Crippen LogP contribution < -0.4 is 0 Å². The third kappa shape index (κ3) is 5.93. The Morgan fingerprint density at radius 1 is 0.281 bits per heavy atom. The first kappa shape index (κ1) is 33.0. The Morgan fingerprint density at radius 2 is 0.789 bits per heavy atom. The SMILES string of the molecule is c1ccc(-c2cccc(-c3nc(-c4ccccc4)nc(-c4ccc(-c5ccc6sc7ccc8c9ccccc9nc(-c9ccccc9)c8c7c6c5)cc4)n3)c2)cc1. The number of hydrogen-bond donors (Lipinski definition) is 0. The molecule has 0 aliphatic rings. The Labute approximate surface area is 333 Å². The summed E-state index contributed by atoms with van der Waals surface area (Å²) in [6.45, 7) is 0. The van der Waals surface area contributed by atoms with Gasteiger partial charge in [0.05, 0.1) is 11.2 Å². The van der Waals surface area contributed by atoms with Crippen LogP contribution in [0.25, 0.3) is 110 Å². The quantitative estimate of drug-likeness (QED) is 0.159. The number of rotatable bonds is 6. The first-order valence-corrected chi connectivity index (χ1v) is 19.9. The molecule has 0 unspecified atom stereocenters. The molecule has 0 aliphatic carbocycles. The van der Waals surface area contributed by atoms with Crippen molar-refractivity contribution >= 4 is 53.2 Å². The van der Waals surface area contributed by atoms with E-state index in [4.69, 9.17) is 19.9 Å². The summed E-state index contributed by atoms with van der Waals surface area (Å²) in [5.41, 5.74) is 10.5. The molecule has 0 radical (unpaired) electrons. The van der Waals surface area contributed by atoms with E-state index >= 15 is 0 Å². The van der Waals surface area contributed by atoms with Gasteiger partial charge in [-0.3, -0.25) is 0 Å². The first-order valence-electron chi connectivity index (χ1n) is 19.0. The molecule has 3 heterocycles. The molecule has 11 aromatic rings. The van der Waals surface area contributed by atoms with Gasteiger partial charge in [-0.1, -0.05) is 164 Å². The third-order valence-electron chi connectivity index (χ3n) is 10.7. The summed E-state index contributed by atoms with van der Waals surface area (Å²) in [6.07, 6.45) is 0. The molecule has 57 heavy (non-hydrogen) atoms. The van der Waals surface area contributed by atoms with Crippen molar-refractivity contribution in [2.45, 2.75) is 0 Å². The summed E-state index contributed by atoms with van der Waals surface area (Å²) in [7, 11) is 0. The van der Waals surface area contributed by atoms with Crippen LogP contribution in [0.2, 0.25) is 0 Å². The van der Waals surface area contributed by atoms with E-state index in [0.29, 0.717) is 17.5 Å². The van der Waals surface area contributed by atoms with Crippen LogP contribution in [-0.4, -0.2) is 19.9 Å². The second-order valence-corrected chi connectivity index (χ2v) is 15.3. The van der Waals surface area contributed by atoms with Crippen LogP contribution in [0.1, 0.15) is 0 Å². The zero-order valence-corrected chi connectivity index (χ0v) is 31.5. The van der Waals surface area contributed by atoms with Gasteiger partial charge in [-0.05, 0) is 58.0 Å². The number of para-hydroxylation sites is 1. The van der Waals surface area contributed by atoms with Gasteiger partial charge < -0.3 is 0 Å². The number of hydrogen-bond acceptors (Lipinski definition) is 5. The molecule has 0 N–H and O–H groups in total. The number of aromatic nitrogens is 4. The molecule has 4 nitrogen and oxygen atoms in total. The van der Waals surface area contributed by atoms with Crippen molar-refractivity contribution in [2.75, 3.05) is 0 Å². The molecule has 0 saturated heterocycles. The Kier molecular flexibility index (Phi) is 7.97. The van der Waals surface area contributed by atoms with Gasteiger partial charge in [0.25, 0.3) is 0 Å². The van der Waals surface area contributed by atoms with Gasteiger partial charge in [0.2, 0.25) is 0 Å². The van der Waals surface area contributed by atoms with E-state index in [0.717, 1.165) is 55.7 Å². The summed E-state index contributed by atoms with van der Waals surface area (Å²) in [5, 5.41) is 6.08. The van der Waals surface area contributed by atoms with Crippen molar-refractivity contribution in [1.82, 2.24) is 19.9 Å². The van der Waals surface area contributed by atoms with E-state index in [9.17, 15) is 0 Å².